The van der Waals surface area contributed by atoms with Crippen LogP contribution >= 0.6 is 12.4 Å². The summed E-state index contributed by atoms with van der Waals surface area (Å²) < 4.78 is 13.1. The highest BCUT2D eigenvalue weighted by atomic mass is 35.5. The first-order valence-corrected chi connectivity index (χ1v) is 8.71. The van der Waals surface area contributed by atoms with Crippen molar-refractivity contribution < 1.29 is 14.0 Å². The summed E-state index contributed by atoms with van der Waals surface area (Å²) in [5.41, 5.74) is 3.08. The summed E-state index contributed by atoms with van der Waals surface area (Å²) >= 11 is 0. The van der Waals surface area contributed by atoms with Crippen LogP contribution in [0.15, 0.2) is 48.5 Å². The van der Waals surface area contributed by atoms with Crippen molar-refractivity contribution in [1.82, 2.24) is 16.0 Å². The molecule has 5 nitrogen and oxygen atoms in total. The van der Waals surface area contributed by atoms with Crippen molar-refractivity contribution in [2.75, 3.05) is 19.6 Å². The van der Waals surface area contributed by atoms with Gasteiger partial charge in [-0.25, -0.2) is 4.39 Å². The third-order valence-electron chi connectivity index (χ3n) is 4.42. The van der Waals surface area contributed by atoms with E-state index in [-0.39, 0.29) is 49.0 Å². The van der Waals surface area contributed by atoms with Crippen LogP contribution in [-0.2, 0) is 22.4 Å². The van der Waals surface area contributed by atoms with E-state index in [0.29, 0.717) is 12.1 Å². The molecule has 0 fully saturated rings. The lowest BCUT2D eigenvalue weighted by Gasteiger charge is -2.27. The number of hydrogen-bond acceptors (Lipinski definition) is 3. The number of fused-ring (bicyclic) bond motifs is 1. The molecule has 7 heteroatoms. The Morgan fingerprint density at radius 2 is 1.89 bits per heavy atom. The van der Waals surface area contributed by atoms with Gasteiger partial charge in [-0.3, -0.25) is 9.59 Å². The van der Waals surface area contributed by atoms with E-state index in [4.69, 9.17) is 0 Å². The average molecular weight is 392 g/mol. The van der Waals surface area contributed by atoms with E-state index < -0.39 is 0 Å². The molecular formula is C20H23ClFN3O2. The van der Waals surface area contributed by atoms with Gasteiger partial charge in [0.15, 0.2) is 0 Å². The van der Waals surface area contributed by atoms with Gasteiger partial charge in [-0.15, -0.1) is 12.4 Å². The molecule has 0 saturated heterocycles. The molecule has 3 N–H and O–H groups in total. The summed E-state index contributed by atoms with van der Waals surface area (Å²) in [6, 6.07) is 14.1. The van der Waals surface area contributed by atoms with E-state index in [1.807, 2.05) is 12.1 Å². The number of nitrogens with one attached hydrogen (secondary N) is 3. The first kappa shape index (κ1) is 20.9. The normalized spacial score (nSPS) is 15.2. The molecule has 0 radical (unpaired) electrons. The number of amides is 2. The summed E-state index contributed by atoms with van der Waals surface area (Å²) in [6.45, 7) is 1.25. The number of hydrogen-bond donors (Lipinski definition) is 3. The summed E-state index contributed by atoms with van der Waals surface area (Å²) in [5.74, 6) is -0.942. The second kappa shape index (κ2) is 10.0. The third kappa shape index (κ3) is 6.05. The van der Waals surface area contributed by atoms with Crippen molar-refractivity contribution in [3.05, 3.63) is 71.0 Å². The van der Waals surface area contributed by atoms with Gasteiger partial charge in [0.1, 0.15) is 5.82 Å². The Kier molecular flexibility index (Phi) is 7.76. The second-order valence-corrected chi connectivity index (χ2v) is 6.34. The molecule has 3 rings (SSSR count). The molecule has 1 unspecified atom stereocenters. The molecule has 1 atom stereocenters. The van der Waals surface area contributed by atoms with Crippen molar-refractivity contribution in [2.45, 2.75) is 18.9 Å². The molecule has 1 aliphatic rings. The van der Waals surface area contributed by atoms with Gasteiger partial charge in [0.05, 0.1) is 13.0 Å². The minimum atomic E-state index is -0.381. The molecule has 0 aliphatic carbocycles. The number of carbonyl (C=O) groups excluding carboxylic acids is 2. The molecule has 27 heavy (non-hydrogen) atoms. The van der Waals surface area contributed by atoms with E-state index in [0.717, 1.165) is 13.0 Å². The summed E-state index contributed by atoms with van der Waals surface area (Å²) in [6.07, 6.45) is 1.03. The van der Waals surface area contributed by atoms with Crippen molar-refractivity contribution in [3.63, 3.8) is 0 Å². The molecule has 0 bridgehead atoms. The van der Waals surface area contributed by atoms with Crippen LogP contribution in [0.3, 0.4) is 0 Å². The first-order chi connectivity index (χ1) is 12.6. The summed E-state index contributed by atoms with van der Waals surface area (Å²) in [5, 5.41) is 8.80. The van der Waals surface area contributed by atoms with Crippen LogP contribution in [0.5, 0.6) is 0 Å². The standard InChI is InChI=1S/C20H22FN3O2.ClH/c21-16-6-3-4-14(10-16)11-19(25)24-13-20(26)23-12-18-17-7-2-1-5-15(17)8-9-22-18;/h1-7,10,18,22H,8-9,11-13H2,(H,23,26)(H,24,25);1H. The number of carbonyl (C=O) groups is 2. The van der Waals surface area contributed by atoms with Crippen molar-refractivity contribution >= 4 is 24.2 Å². The molecule has 0 spiro atoms. The van der Waals surface area contributed by atoms with Crippen LogP contribution in [-0.4, -0.2) is 31.4 Å². The number of benzene rings is 2. The van der Waals surface area contributed by atoms with E-state index in [9.17, 15) is 14.0 Å². The van der Waals surface area contributed by atoms with Gasteiger partial charge in [-0.05, 0) is 41.8 Å². The van der Waals surface area contributed by atoms with Gasteiger partial charge in [0.2, 0.25) is 11.8 Å². The highest BCUT2D eigenvalue weighted by Gasteiger charge is 2.19. The van der Waals surface area contributed by atoms with Gasteiger partial charge in [-0.1, -0.05) is 36.4 Å². The lowest BCUT2D eigenvalue weighted by atomic mass is 9.94. The van der Waals surface area contributed by atoms with Crippen LogP contribution in [0.25, 0.3) is 0 Å². The SMILES string of the molecule is Cl.O=C(CNC(=O)Cc1cccc(F)c1)NCC1NCCc2ccccc21. The predicted molar refractivity (Wildman–Crippen MR) is 104 cm³/mol. The van der Waals surface area contributed by atoms with E-state index in [1.165, 1.54) is 23.3 Å². The Labute approximate surface area is 164 Å². The molecule has 1 aliphatic heterocycles. The van der Waals surface area contributed by atoms with Gasteiger partial charge in [-0.2, -0.15) is 0 Å². The topological polar surface area (TPSA) is 70.2 Å². The average Bonchev–Trinajstić information content (AvgIpc) is 2.64. The molecule has 144 valence electrons. The van der Waals surface area contributed by atoms with Crippen LogP contribution in [0.4, 0.5) is 4.39 Å². The summed E-state index contributed by atoms with van der Waals surface area (Å²) in [7, 11) is 0. The zero-order valence-electron chi connectivity index (χ0n) is 14.8. The zero-order valence-corrected chi connectivity index (χ0v) is 15.7. The maximum atomic E-state index is 13.1. The van der Waals surface area contributed by atoms with Crippen LogP contribution in [0.1, 0.15) is 22.7 Å². The Balaban J connectivity index is 0.00000261. The van der Waals surface area contributed by atoms with Crippen LogP contribution in [0, 0.1) is 5.82 Å². The van der Waals surface area contributed by atoms with Gasteiger partial charge in [0.25, 0.3) is 0 Å². The van der Waals surface area contributed by atoms with E-state index >= 15 is 0 Å². The lowest BCUT2D eigenvalue weighted by Crippen LogP contribution is -2.42. The van der Waals surface area contributed by atoms with Crippen molar-refractivity contribution in [1.29, 1.82) is 0 Å². The fourth-order valence-electron chi connectivity index (χ4n) is 3.13. The molecule has 2 aromatic rings. The van der Waals surface area contributed by atoms with Crippen molar-refractivity contribution in [3.8, 4) is 0 Å². The predicted octanol–water partition coefficient (Wildman–Crippen LogP) is 1.91. The zero-order chi connectivity index (χ0) is 18.4. The molecule has 2 aromatic carbocycles. The fraction of sp³-hybridized carbons (Fsp3) is 0.300. The highest BCUT2D eigenvalue weighted by molar-refractivity contribution is 5.86. The quantitative estimate of drug-likeness (QED) is 0.704. The monoisotopic (exact) mass is 391 g/mol. The maximum Gasteiger partial charge on any atom is 0.239 e. The van der Waals surface area contributed by atoms with Crippen LogP contribution < -0.4 is 16.0 Å². The molecule has 0 aromatic heterocycles. The molecule has 0 saturated carbocycles. The largest absolute Gasteiger partial charge is 0.353 e. The van der Waals surface area contributed by atoms with Crippen molar-refractivity contribution in [2.24, 2.45) is 0 Å². The highest BCUT2D eigenvalue weighted by Crippen LogP contribution is 2.21. The first-order valence-electron chi connectivity index (χ1n) is 8.71. The Hall–Kier alpha value is -2.44. The van der Waals surface area contributed by atoms with E-state index in [2.05, 4.69) is 28.1 Å². The Morgan fingerprint density at radius 3 is 2.70 bits per heavy atom. The minimum Gasteiger partial charge on any atom is -0.353 e. The number of rotatable bonds is 6. The smallest absolute Gasteiger partial charge is 0.239 e. The van der Waals surface area contributed by atoms with Gasteiger partial charge < -0.3 is 16.0 Å². The van der Waals surface area contributed by atoms with Gasteiger partial charge >= 0.3 is 0 Å². The molecule has 2 amide bonds. The minimum absolute atomic E-state index is 0. The third-order valence-corrected chi connectivity index (χ3v) is 4.42. The molecular weight excluding hydrogens is 369 g/mol. The Morgan fingerprint density at radius 1 is 1.07 bits per heavy atom. The number of halogens is 2. The lowest BCUT2D eigenvalue weighted by molar-refractivity contribution is -0.125. The fourth-order valence-corrected chi connectivity index (χ4v) is 3.13. The van der Waals surface area contributed by atoms with Crippen LogP contribution in [0.2, 0.25) is 0 Å². The molecule has 1 heterocycles. The Bertz CT molecular complexity index is 800. The second-order valence-electron chi connectivity index (χ2n) is 6.34. The summed E-state index contributed by atoms with van der Waals surface area (Å²) in [4.78, 5) is 23.9. The van der Waals surface area contributed by atoms with Gasteiger partial charge in [0, 0.05) is 12.6 Å². The maximum absolute atomic E-state index is 13.1. The van der Waals surface area contributed by atoms with E-state index in [1.54, 1.807) is 12.1 Å².